The molecule has 0 atom stereocenters. The zero-order valence-corrected chi connectivity index (χ0v) is 11.3. The van der Waals surface area contributed by atoms with Gasteiger partial charge in [-0.05, 0) is 35.9 Å². The van der Waals surface area contributed by atoms with Crippen LogP contribution in [0.2, 0.25) is 0 Å². The number of nitrogens with zero attached hydrogens (tertiary/aromatic N) is 1. The van der Waals surface area contributed by atoms with Crippen LogP contribution < -0.4 is 4.84 Å². The van der Waals surface area contributed by atoms with Crippen LogP contribution in [-0.4, -0.2) is 6.21 Å². The van der Waals surface area contributed by atoms with E-state index in [0.29, 0.717) is 0 Å². The van der Waals surface area contributed by atoms with Gasteiger partial charge in [0.1, 0.15) is 0 Å². The van der Waals surface area contributed by atoms with E-state index in [-0.39, 0.29) is 11.3 Å². The van der Waals surface area contributed by atoms with Crippen molar-refractivity contribution in [2.24, 2.45) is 5.16 Å². The molecule has 0 heterocycles. The van der Waals surface area contributed by atoms with E-state index in [2.05, 4.69) is 5.16 Å². The van der Waals surface area contributed by atoms with Gasteiger partial charge in [0.25, 0.3) is 0 Å². The second kappa shape index (κ2) is 6.31. The Bertz CT molecular complexity index is 706. The Morgan fingerprint density at radius 1 is 0.783 bits per heavy atom. The average Bonchev–Trinajstić information content (AvgIpc) is 2.46. The molecule has 0 aliphatic carbocycles. The number of hydrogen-bond donors (Lipinski definition) is 0. The van der Waals surface area contributed by atoms with Gasteiger partial charge in [-0.25, -0.2) is 0 Å². The van der Waals surface area contributed by atoms with Gasteiger partial charge in [-0.1, -0.05) is 23.4 Å². The van der Waals surface area contributed by atoms with Crippen molar-refractivity contribution in [1.82, 2.24) is 0 Å². The van der Waals surface area contributed by atoms with Crippen molar-refractivity contribution in [1.29, 1.82) is 0 Å². The number of rotatable bonds is 3. The lowest BCUT2D eigenvalue weighted by molar-refractivity contribution is -0.138. The lowest BCUT2D eigenvalue weighted by atomic mass is 10.1. The van der Waals surface area contributed by atoms with Crippen LogP contribution in [0.3, 0.4) is 0 Å². The minimum Gasteiger partial charge on any atom is -0.357 e. The van der Waals surface area contributed by atoms with Gasteiger partial charge in [-0.3, -0.25) is 0 Å². The van der Waals surface area contributed by atoms with Crippen molar-refractivity contribution >= 4 is 6.21 Å². The first-order chi connectivity index (χ1) is 10.7. The number of halogens is 6. The van der Waals surface area contributed by atoms with Crippen LogP contribution in [0.15, 0.2) is 53.7 Å². The van der Waals surface area contributed by atoms with Crippen LogP contribution in [0, 0.1) is 0 Å². The molecule has 0 N–H and O–H groups in total. The zero-order chi connectivity index (χ0) is 17.1. The zero-order valence-electron chi connectivity index (χ0n) is 11.3. The van der Waals surface area contributed by atoms with Gasteiger partial charge in [-0.15, -0.1) is 0 Å². The first kappa shape index (κ1) is 16.9. The summed E-state index contributed by atoms with van der Waals surface area (Å²) in [5, 5.41) is 3.40. The van der Waals surface area contributed by atoms with Crippen LogP contribution in [0.25, 0.3) is 0 Å². The molecule has 23 heavy (non-hydrogen) atoms. The third-order valence-electron chi connectivity index (χ3n) is 2.74. The summed E-state index contributed by atoms with van der Waals surface area (Å²) < 4.78 is 75.1. The lowest BCUT2D eigenvalue weighted by Crippen LogP contribution is -2.05. The highest BCUT2D eigenvalue weighted by Gasteiger charge is 2.31. The molecule has 0 amide bonds. The maximum absolute atomic E-state index is 12.5. The fourth-order valence-electron chi connectivity index (χ4n) is 1.67. The van der Waals surface area contributed by atoms with Gasteiger partial charge in [0.05, 0.1) is 17.3 Å². The third-order valence-corrected chi connectivity index (χ3v) is 2.74. The van der Waals surface area contributed by atoms with E-state index in [1.165, 1.54) is 18.2 Å². The summed E-state index contributed by atoms with van der Waals surface area (Å²) in [5.41, 5.74) is -1.67. The molecule has 0 unspecified atom stereocenters. The summed E-state index contributed by atoms with van der Waals surface area (Å²) in [6.45, 7) is 0. The molecular weight excluding hydrogens is 324 g/mol. The van der Waals surface area contributed by atoms with Gasteiger partial charge < -0.3 is 4.84 Å². The molecule has 2 nitrogen and oxygen atoms in total. The maximum Gasteiger partial charge on any atom is 0.416 e. The smallest absolute Gasteiger partial charge is 0.357 e. The van der Waals surface area contributed by atoms with E-state index in [1.807, 2.05) is 0 Å². The maximum atomic E-state index is 12.5. The van der Waals surface area contributed by atoms with Gasteiger partial charge in [-0.2, -0.15) is 26.3 Å². The standard InChI is InChI=1S/C15H9F6NO/c16-14(17,18)11-4-1-3-10(7-11)9-22-23-13-6-2-5-12(8-13)15(19,20)21/h1-9H/b22-9+. The molecule has 2 aromatic carbocycles. The van der Waals surface area contributed by atoms with E-state index >= 15 is 0 Å². The SMILES string of the molecule is FC(F)(F)c1cccc(/C=N/Oc2cccc(C(F)(F)F)c2)c1. The van der Waals surface area contributed by atoms with Crippen LogP contribution in [0.1, 0.15) is 16.7 Å². The van der Waals surface area contributed by atoms with E-state index in [0.717, 1.165) is 36.5 Å². The molecule has 0 saturated heterocycles. The Labute approximate surface area is 127 Å². The van der Waals surface area contributed by atoms with Gasteiger partial charge >= 0.3 is 12.4 Å². The summed E-state index contributed by atoms with van der Waals surface area (Å²) in [7, 11) is 0. The van der Waals surface area contributed by atoms with Gasteiger partial charge in [0.15, 0.2) is 5.75 Å². The molecule has 122 valence electrons. The number of benzene rings is 2. The van der Waals surface area contributed by atoms with E-state index < -0.39 is 23.5 Å². The molecule has 2 aromatic rings. The minimum absolute atomic E-state index is 0.104. The Kier molecular flexibility index (Phi) is 4.63. The third kappa shape index (κ3) is 4.73. The molecule has 0 fully saturated rings. The van der Waals surface area contributed by atoms with Crippen molar-refractivity contribution in [3.8, 4) is 5.75 Å². The van der Waals surface area contributed by atoms with E-state index in [1.54, 1.807) is 0 Å². The first-order valence-electron chi connectivity index (χ1n) is 6.21. The fraction of sp³-hybridized carbons (Fsp3) is 0.133. The summed E-state index contributed by atoms with van der Waals surface area (Å²) in [5.74, 6) is -0.178. The second-order valence-corrected chi connectivity index (χ2v) is 4.47. The first-order valence-corrected chi connectivity index (χ1v) is 6.21. The molecule has 0 saturated carbocycles. The highest BCUT2D eigenvalue weighted by molar-refractivity contribution is 5.79. The Hall–Kier alpha value is -2.51. The monoisotopic (exact) mass is 333 g/mol. The van der Waals surface area contributed by atoms with Crippen molar-refractivity contribution < 1.29 is 31.2 Å². The lowest BCUT2D eigenvalue weighted by Gasteiger charge is -2.07. The number of alkyl halides is 6. The molecule has 0 aliphatic heterocycles. The molecule has 0 spiro atoms. The van der Waals surface area contributed by atoms with Gasteiger partial charge in [0, 0.05) is 0 Å². The van der Waals surface area contributed by atoms with Crippen molar-refractivity contribution in [3.63, 3.8) is 0 Å². The minimum atomic E-state index is -4.52. The summed E-state index contributed by atoms with van der Waals surface area (Å²) in [6, 6.07) is 8.27. The summed E-state index contributed by atoms with van der Waals surface area (Å²) in [6.07, 6.45) is -8.04. The topological polar surface area (TPSA) is 21.6 Å². The molecule has 0 aliphatic rings. The molecule has 0 radical (unpaired) electrons. The highest BCUT2D eigenvalue weighted by atomic mass is 19.4. The number of hydrogen-bond acceptors (Lipinski definition) is 2. The molecule has 8 heteroatoms. The van der Waals surface area contributed by atoms with Crippen molar-refractivity contribution in [2.45, 2.75) is 12.4 Å². The quantitative estimate of drug-likeness (QED) is 0.433. The Morgan fingerprint density at radius 2 is 1.35 bits per heavy atom. The van der Waals surface area contributed by atoms with E-state index in [4.69, 9.17) is 4.84 Å². The van der Waals surface area contributed by atoms with Crippen molar-refractivity contribution in [3.05, 3.63) is 65.2 Å². The van der Waals surface area contributed by atoms with Crippen LogP contribution >= 0.6 is 0 Å². The highest BCUT2D eigenvalue weighted by Crippen LogP contribution is 2.31. The number of oxime groups is 1. The second-order valence-electron chi connectivity index (χ2n) is 4.47. The average molecular weight is 333 g/mol. The summed E-state index contributed by atoms with van der Waals surface area (Å²) >= 11 is 0. The van der Waals surface area contributed by atoms with Gasteiger partial charge in [0.2, 0.25) is 0 Å². The van der Waals surface area contributed by atoms with Crippen LogP contribution in [0.5, 0.6) is 5.75 Å². The van der Waals surface area contributed by atoms with Crippen LogP contribution in [0.4, 0.5) is 26.3 Å². The molecule has 0 aromatic heterocycles. The molecule has 0 bridgehead atoms. The Morgan fingerprint density at radius 3 is 1.96 bits per heavy atom. The molecular formula is C15H9F6NO. The Balaban J connectivity index is 2.11. The predicted octanol–water partition coefficient (Wildman–Crippen LogP) is 5.14. The van der Waals surface area contributed by atoms with Crippen molar-refractivity contribution in [2.75, 3.05) is 0 Å². The predicted molar refractivity (Wildman–Crippen MR) is 71.1 cm³/mol. The normalized spacial score (nSPS) is 12.6. The largest absolute Gasteiger partial charge is 0.416 e. The van der Waals surface area contributed by atoms with E-state index in [9.17, 15) is 26.3 Å². The fourth-order valence-corrected chi connectivity index (χ4v) is 1.67. The van der Waals surface area contributed by atoms with Crippen LogP contribution in [-0.2, 0) is 12.4 Å². The summed E-state index contributed by atoms with van der Waals surface area (Å²) in [4.78, 5) is 4.76. The molecule has 2 rings (SSSR count).